The third-order valence-corrected chi connectivity index (χ3v) is 4.12. The minimum atomic E-state index is -0.168. The first kappa shape index (κ1) is 14.7. The molecule has 1 saturated carbocycles. The molecular weight excluding hydrogens is 256 g/mol. The molecule has 0 bridgehead atoms. The molecule has 5 heteroatoms. The summed E-state index contributed by atoms with van der Waals surface area (Å²) in [4.78, 5) is 12.1. The Morgan fingerprint density at radius 3 is 2.70 bits per heavy atom. The van der Waals surface area contributed by atoms with E-state index in [0.717, 1.165) is 25.7 Å². The van der Waals surface area contributed by atoms with Crippen LogP contribution in [0.25, 0.3) is 0 Å². The molecule has 0 heterocycles. The fraction of sp³-hybridized carbons (Fsp3) is 0.533. The van der Waals surface area contributed by atoms with E-state index in [-0.39, 0.29) is 17.9 Å². The van der Waals surface area contributed by atoms with E-state index in [1.807, 2.05) is 0 Å². The van der Waals surface area contributed by atoms with Gasteiger partial charge in [-0.2, -0.15) is 0 Å². The molecule has 5 nitrogen and oxygen atoms in total. The zero-order valence-corrected chi connectivity index (χ0v) is 11.8. The van der Waals surface area contributed by atoms with Crippen molar-refractivity contribution in [3.63, 3.8) is 0 Å². The van der Waals surface area contributed by atoms with Crippen LogP contribution in [0.15, 0.2) is 18.2 Å². The molecule has 0 saturated heterocycles. The number of nitrogens with two attached hydrogens (primary N) is 1. The summed E-state index contributed by atoms with van der Waals surface area (Å²) in [6, 6.07) is 4.97. The Hall–Kier alpha value is -1.75. The summed E-state index contributed by atoms with van der Waals surface area (Å²) < 4.78 is 5.06. The van der Waals surface area contributed by atoms with E-state index in [1.165, 1.54) is 7.11 Å². The van der Waals surface area contributed by atoms with Gasteiger partial charge in [0.2, 0.25) is 0 Å². The third kappa shape index (κ3) is 3.04. The maximum atomic E-state index is 12.1. The molecule has 0 unspecified atom stereocenters. The summed E-state index contributed by atoms with van der Waals surface area (Å²) in [5.74, 6) is 0.392. The van der Waals surface area contributed by atoms with E-state index in [9.17, 15) is 9.90 Å². The number of nitrogen functional groups attached to an aromatic ring is 1. The number of anilines is 1. The highest BCUT2D eigenvalue weighted by Gasteiger charge is 2.33. The first-order valence-corrected chi connectivity index (χ1v) is 6.93. The number of carbonyl (C=O) groups excluding carboxylic acids is 1. The van der Waals surface area contributed by atoms with Gasteiger partial charge in [0.05, 0.1) is 19.4 Å². The van der Waals surface area contributed by atoms with E-state index in [2.05, 4.69) is 5.32 Å². The summed E-state index contributed by atoms with van der Waals surface area (Å²) >= 11 is 0. The van der Waals surface area contributed by atoms with Crippen LogP contribution in [-0.2, 0) is 0 Å². The maximum Gasteiger partial charge on any atom is 0.251 e. The Bertz CT molecular complexity index is 482. The molecule has 2 rings (SSSR count). The second kappa shape index (κ2) is 6.13. The average molecular weight is 278 g/mol. The van der Waals surface area contributed by atoms with Crippen molar-refractivity contribution in [3.8, 4) is 5.75 Å². The number of amides is 1. The smallest absolute Gasteiger partial charge is 0.251 e. The lowest BCUT2D eigenvalue weighted by molar-refractivity contribution is 0.0880. The van der Waals surface area contributed by atoms with Crippen molar-refractivity contribution in [3.05, 3.63) is 23.8 Å². The van der Waals surface area contributed by atoms with Gasteiger partial charge in [0.25, 0.3) is 5.91 Å². The summed E-state index contributed by atoms with van der Waals surface area (Å²) in [7, 11) is 1.54. The Balaban J connectivity index is 1.99. The zero-order chi connectivity index (χ0) is 14.6. The lowest BCUT2D eigenvalue weighted by Gasteiger charge is -2.26. The first-order chi connectivity index (χ1) is 9.60. The van der Waals surface area contributed by atoms with Crippen LogP contribution in [0.2, 0.25) is 0 Å². The van der Waals surface area contributed by atoms with Crippen molar-refractivity contribution in [1.82, 2.24) is 5.32 Å². The van der Waals surface area contributed by atoms with Gasteiger partial charge in [-0.1, -0.05) is 12.8 Å². The van der Waals surface area contributed by atoms with Crippen LogP contribution in [0.1, 0.15) is 36.0 Å². The van der Waals surface area contributed by atoms with E-state index in [0.29, 0.717) is 23.5 Å². The van der Waals surface area contributed by atoms with Crippen LogP contribution in [-0.4, -0.2) is 31.3 Å². The molecule has 110 valence electrons. The van der Waals surface area contributed by atoms with Gasteiger partial charge in [-0.25, -0.2) is 0 Å². The van der Waals surface area contributed by atoms with Crippen LogP contribution < -0.4 is 15.8 Å². The Kier molecular flexibility index (Phi) is 4.49. The fourth-order valence-corrected chi connectivity index (χ4v) is 2.76. The van der Waals surface area contributed by atoms with Gasteiger partial charge in [-0.05, 0) is 31.0 Å². The minimum Gasteiger partial charge on any atom is -0.495 e. The second-order valence-corrected chi connectivity index (χ2v) is 5.50. The van der Waals surface area contributed by atoms with Gasteiger partial charge in [-0.15, -0.1) is 0 Å². The highest BCUT2D eigenvalue weighted by Crippen LogP contribution is 2.36. The van der Waals surface area contributed by atoms with E-state index >= 15 is 0 Å². The SMILES string of the molecule is COc1ccc(C(=O)NCC2(CO)CCCC2)cc1N. The fourth-order valence-electron chi connectivity index (χ4n) is 2.76. The van der Waals surface area contributed by atoms with Crippen LogP contribution in [0.3, 0.4) is 0 Å². The molecule has 1 aromatic carbocycles. The summed E-state index contributed by atoms with van der Waals surface area (Å²) in [5, 5.41) is 12.4. The van der Waals surface area contributed by atoms with Crippen LogP contribution in [0.5, 0.6) is 5.75 Å². The number of benzene rings is 1. The number of rotatable bonds is 5. The number of nitrogens with one attached hydrogen (secondary N) is 1. The minimum absolute atomic E-state index is 0.123. The Labute approximate surface area is 119 Å². The number of ether oxygens (including phenoxy) is 1. The molecule has 1 aliphatic carbocycles. The van der Waals surface area contributed by atoms with Crippen molar-refractivity contribution in [1.29, 1.82) is 0 Å². The van der Waals surface area contributed by atoms with Crippen molar-refractivity contribution >= 4 is 11.6 Å². The van der Waals surface area contributed by atoms with Crippen LogP contribution >= 0.6 is 0 Å². The molecule has 0 spiro atoms. The normalized spacial score (nSPS) is 16.9. The molecular formula is C15H22N2O3. The predicted octanol–water partition coefficient (Wildman–Crippen LogP) is 1.56. The Morgan fingerprint density at radius 2 is 2.15 bits per heavy atom. The van der Waals surface area contributed by atoms with Gasteiger partial charge in [0.15, 0.2) is 0 Å². The first-order valence-electron chi connectivity index (χ1n) is 6.93. The van der Waals surface area contributed by atoms with Crippen molar-refractivity contribution in [2.24, 2.45) is 5.41 Å². The lowest BCUT2D eigenvalue weighted by atomic mass is 9.87. The molecule has 20 heavy (non-hydrogen) atoms. The van der Waals surface area contributed by atoms with Gasteiger partial charge in [-0.3, -0.25) is 4.79 Å². The lowest BCUT2D eigenvalue weighted by Crippen LogP contribution is -2.38. The zero-order valence-electron chi connectivity index (χ0n) is 11.8. The number of methoxy groups -OCH3 is 1. The molecule has 0 aliphatic heterocycles. The highest BCUT2D eigenvalue weighted by atomic mass is 16.5. The molecule has 1 aromatic rings. The monoisotopic (exact) mass is 278 g/mol. The van der Waals surface area contributed by atoms with E-state index in [4.69, 9.17) is 10.5 Å². The molecule has 1 aliphatic rings. The summed E-state index contributed by atoms with van der Waals surface area (Å²) in [6.45, 7) is 0.631. The second-order valence-electron chi connectivity index (χ2n) is 5.50. The number of aliphatic hydroxyl groups excluding tert-OH is 1. The van der Waals surface area contributed by atoms with E-state index in [1.54, 1.807) is 18.2 Å². The van der Waals surface area contributed by atoms with Crippen LogP contribution in [0, 0.1) is 5.41 Å². The van der Waals surface area contributed by atoms with Crippen molar-refractivity contribution in [2.75, 3.05) is 26.0 Å². The standard InChI is InChI=1S/C15H22N2O3/c1-20-13-5-4-11(8-12(13)16)14(19)17-9-15(10-18)6-2-3-7-15/h4-5,8,18H,2-3,6-7,9-10,16H2,1H3,(H,17,19). The molecule has 1 amide bonds. The number of hydrogen-bond donors (Lipinski definition) is 3. The van der Waals surface area contributed by atoms with Crippen molar-refractivity contribution in [2.45, 2.75) is 25.7 Å². The molecule has 1 fully saturated rings. The predicted molar refractivity (Wildman–Crippen MR) is 77.7 cm³/mol. The third-order valence-electron chi connectivity index (χ3n) is 4.12. The maximum absolute atomic E-state index is 12.1. The number of hydrogen-bond acceptors (Lipinski definition) is 4. The van der Waals surface area contributed by atoms with E-state index < -0.39 is 0 Å². The van der Waals surface area contributed by atoms with Gasteiger partial charge in [0.1, 0.15) is 5.75 Å². The Morgan fingerprint density at radius 1 is 1.45 bits per heavy atom. The summed E-state index contributed by atoms with van der Waals surface area (Å²) in [6.07, 6.45) is 4.17. The van der Waals surface area contributed by atoms with Gasteiger partial charge >= 0.3 is 0 Å². The average Bonchev–Trinajstić information content (AvgIpc) is 2.94. The topological polar surface area (TPSA) is 84.6 Å². The molecule has 0 aromatic heterocycles. The molecule has 0 radical (unpaired) electrons. The highest BCUT2D eigenvalue weighted by molar-refractivity contribution is 5.95. The quantitative estimate of drug-likeness (QED) is 0.714. The summed E-state index contributed by atoms with van der Waals surface area (Å²) in [5.41, 5.74) is 6.60. The largest absolute Gasteiger partial charge is 0.495 e. The molecule has 4 N–H and O–H groups in total. The van der Waals surface area contributed by atoms with Gasteiger partial charge in [0, 0.05) is 17.5 Å². The van der Waals surface area contributed by atoms with Crippen LogP contribution in [0.4, 0.5) is 5.69 Å². The number of aliphatic hydroxyl groups is 1. The number of carbonyl (C=O) groups is 1. The molecule has 0 atom stereocenters. The van der Waals surface area contributed by atoms with Gasteiger partial charge < -0.3 is 20.9 Å². The van der Waals surface area contributed by atoms with Crippen molar-refractivity contribution < 1.29 is 14.6 Å².